The number of rotatable bonds is 28. The quantitative estimate of drug-likeness (QED) is 0.0606. The van der Waals surface area contributed by atoms with Gasteiger partial charge in [0.1, 0.15) is 0 Å². The summed E-state index contributed by atoms with van der Waals surface area (Å²) >= 11 is 5.73. The summed E-state index contributed by atoms with van der Waals surface area (Å²) in [6.07, 6.45) is 32.0. The van der Waals surface area contributed by atoms with Crippen molar-refractivity contribution in [2.45, 2.75) is 174 Å². The lowest BCUT2D eigenvalue weighted by Gasteiger charge is -2.17. The molecule has 0 N–H and O–H groups in total. The summed E-state index contributed by atoms with van der Waals surface area (Å²) in [5.74, 6) is 1.30. The van der Waals surface area contributed by atoms with E-state index < -0.39 is 0 Å². The third-order valence-electron chi connectivity index (χ3n) is 7.18. The number of carbonyl (C=O) groups excluding carboxylic acids is 1. The van der Waals surface area contributed by atoms with E-state index in [1.54, 1.807) is 0 Å². The summed E-state index contributed by atoms with van der Waals surface area (Å²) in [7, 11) is 0. The highest BCUT2D eigenvalue weighted by Gasteiger charge is 2.12. The van der Waals surface area contributed by atoms with E-state index in [0.29, 0.717) is 18.9 Å². The van der Waals surface area contributed by atoms with E-state index in [0.717, 1.165) is 31.6 Å². The smallest absolute Gasteiger partial charge is 0.305 e. The third-order valence-corrected chi connectivity index (χ3v) is 7.44. The first-order valence-corrected chi connectivity index (χ1v) is 16.0. The van der Waals surface area contributed by atoms with Crippen LogP contribution >= 0.6 is 11.6 Å². The minimum absolute atomic E-state index is 0.00914. The fourth-order valence-corrected chi connectivity index (χ4v) is 4.99. The van der Waals surface area contributed by atoms with Crippen LogP contribution in [0.5, 0.6) is 0 Å². The average molecular weight is 501 g/mol. The standard InChI is InChI=1S/C31H61ClO2/c1-3-5-7-9-11-13-14-16-18-22-26-30(25-21-17-15-12-10-8-6-4-2)29-34-31(33)27-23-19-20-24-28-32/h30H,3-29H2,1-2H3. The van der Waals surface area contributed by atoms with Crippen LogP contribution in [0.2, 0.25) is 0 Å². The molecule has 2 nitrogen and oxygen atoms in total. The Morgan fingerprint density at radius 3 is 1.38 bits per heavy atom. The predicted octanol–water partition coefficient (Wildman–Crippen LogP) is 11.2. The molecule has 0 fully saturated rings. The van der Waals surface area contributed by atoms with E-state index in [1.165, 1.54) is 128 Å². The molecule has 0 rings (SSSR count). The van der Waals surface area contributed by atoms with Crippen molar-refractivity contribution in [1.82, 2.24) is 0 Å². The van der Waals surface area contributed by atoms with E-state index in [4.69, 9.17) is 16.3 Å². The molecule has 0 aromatic rings. The van der Waals surface area contributed by atoms with E-state index in [1.807, 2.05) is 0 Å². The molecule has 0 saturated heterocycles. The van der Waals surface area contributed by atoms with Gasteiger partial charge in [0.05, 0.1) is 6.61 Å². The Kier molecular flexibility index (Phi) is 28.8. The van der Waals surface area contributed by atoms with Gasteiger partial charge in [0.2, 0.25) is 0 Å². The van der Waals surface area contributed by atoms with Crippen LogP contribution in [0.15, 0.2) is 0 Å². The number of esters is 1. The molecule has 1 atom stereocenters. The molecule has 0 aliphatic rings. The van der Waals surface area contributed by atoms with Crippen LogP contribution in [-0.4, -0.2) is 18.5 Å². The van der Waals surface area contributed by atoms with Gasteiger partial charge in [-0.2, -0.15) is 0 Å². The molecule has 204 valence electrons. The molecule has 0 bridgehead atoms. The molecule has 0 aliphatic heterocycles. The number of hydrogen-bond donors (Lipinski definition) is 0. The Bertz CT molecular complexity index is 399. The van der Waals surface area contributed by atoms with Crippen LogP contribution in [-0.2, 0) is 9.53 Å². The molecular weight excluding hydrogens is 440 g/mol. The molecule has 0 amide bonds. The second-order valence-electron chi connectivity index (χ2n) is 10.6. The van der Waals surface area contributed by atoms with E-state index in [-0.39, 0.29) is 5.97 Å². The fourth-order valence-electron chi connectivity index (χ4n) is 4.80. The zero-order valence-corrected chi connectivity index (χ0v) is 24.1. The number of hydrogen-bond acceptors (Lipinski definition) is 2. The molecule has 0 aromatic carbocycles. The number of carbonyl (C=O) groups is 1. The van der Waals surface area contributed by atoms with Gasteiger partial charge in [0.15, 0.2) is 0 Å². The molecule has 0 heterocycles. The van der Waals surface area contributed by atoms with E-state index in [2.05, 4.69) is 13.8 Å². The maximum atomic E-state index is 12.2. The molecule has 34 heavy (non-hydrogen) atoms. The van der Waals surface area contributed by atoms with Crippen LogP contribution < -0.4 is 0 Å². The number of halogens is 1. The summed E-state index contributed by atoms with van der Waals surface area (Å²) < 4.78 is 5.71. The summed E-state index contributed by atoms with van der Waals surface area (Å²) in [6, 6.07) is 0. The maximum absolute atomic E-state index is 12.2. The Balaban J connectivity index is 3.99. The van der Waals surface area contributed by atoms with Gasteiger partial charge in [0.25, 0.3) is 0 Å². The van der Waals surface area contributed by atoms with Crippen LogP contribution in [0.4, 0.5) is 0 Å². The van der Waals surface area contributed by atoms with Crippen molar-refractivity contribution in [1.29, 1.82) is 0 Å². The first-order valence-electron chi connectivity index (χ1n) is 15.5. The summed E-state index contributed by atoms with van der Waals surface area (Å²) in [5, 5.41) is 0. The van der Waals surface area contributed by atoms with Crippen LogP contribution in [0, 0.1) is 5.92 Å². The van der Waals surface area contributed by atoms with Gasteiger partial charge in [-0.05, 0) is 31.6 Å². The van der Waals surface area contributed by atoms with E-state index >= 15 is 0 Å². The van der Waals surface area contributed by atoms with Gasteiger partial charge < -0.3 is 4.74 Å². The zero-order valence-electron chi connectivity index (χ0n) is 23.4. The maximum Gasteiger partial charge on any atom is 0.305 e. The first-order chi connectivity index (χ1) is 16.7. The van der Waals surface area contributed by atoms with Gasteiger partial charge in [0, 0.05) is 12.3 Å². The molecule has 0 aromatic heterocycles. The van der Waals surface area contributed by atoms with Crippen molar-refractivity contribution < 1.29 is 9.53 Å². The molecule has 0 saturated carbocycles. The van der Waals surface area contributed by atoms with Gasteiger partial charge in [-0.1, -0.05) is 142 Å². The Morgan fingerprint density at radius 1 is 0.559 bits per heavy atom. The minimum atomic E-state index is 0.00914. The van der Waals surface area contributed by atoms with Crippen molar-refractivity contribution in [3.05, 3.63) is 0 Å². The van der Waals surface area contributed by atoms with Crippen LogP contribution in [0.25, 0.3) is 0 Å². The topological polar surface area (TPSA) is 26.3 Å². The number of alkyl halides is 1. The highest BCUT2D eigenvalue weighted by atomic mass is 35.5. The van der Waals surface area contributed by atoms with Crippen molar-refractivity contribution in [2.75, 3.05) is 12.5 Å². The molecule has 0 spiro atoms. The van der Waals surface area contributed by atoms with Gasteiger partial charge in [-0.3, -0.25) is 4.79 Å². The second kappa shape index (κ2) is 29.0. The second-order valence-corrected chi connectivity index (χ2v) is 11.0. The Morgan fingerprint density at radius 2 is 0.941 bits per heavy atom. The Hall–Kier alpha value is -0.240. The Labute approximate surface area is 219 Å². The summed E-state index contributed by atoms with van der Waals surface area (Å²) in [4.78, 5) is 12.2. The molecule has 1 unspecified atom stereocenters. The zero-order chi connectivity index (χ0) is 25.0. The molecular formula is C31H61ClO2. The number of unbranched alkanes of at least 4 members (excludes halogenated alkanes) is 19. The van der Waals surface area contributed by atoms with Crippen molar-refractivity contribution in [3.63, 3.8) is 0 Å². The van der Waals surface area contributed by atoms with Gasteiger partial charge in [-0.15, -0.1) is 11.6 Å². The molecule has 3 heteroatoms. The largest absolute Gasteiger partial charge is 0.465 e. The average Bonchev–Trinajstić information content (AvgIpc) is 2.84. The first kappa shape index (κ1) is 33.8. The lowest BCUT2D eigenvalue weighted by atomic mass is 9.94. The van der Waals surface area contributed by atoms with Crippen LogP contribution in [0.3, 0.4) is 0 Å². The molecule has 0 radical (unpaired) electrons. The summed E-state index contributed by atoms with van der Waals surface area (Å²) in [6.45, 7) is 5.21. The van der Waals surface area contributed by atoms with Gasteiger partial charge in [-0.25, -0.2) is 0 Å². The lowest BCUT2D eigenvalue weighted by Crippen LogP contribution is -2.14. The minimum Gasteiger partial charge on any atom is -0.465 e. The SMILES string of the molecule is CCCCCCCCCCCCC(CCCCCCCCCC)COC(=O)CCCCCCCl. The highest BCUT2D eigenvalue weighted by Crippen LogP contribution is 2.21. The third kappa shape index (κ3) is 26.4. The predicted molar refractivity (Wildman–Crippen MR) is 152 cm³/mol. The van der Waals surface area contributed by atoms with Crippen molar-refractivity contribution in [3.8, 4) is 0 Å². The van der Waals surface area contributed by atoms with Gasteiger partial charge >= 0.3 is 5.97 Å². The highest BCUT2D eigenvalue weighted by molar-refractivity contribution is 6.17. The summed E-state index contributed by atoms with van der Waals surface area (Å²) in [5.41, 5.74) is 0. The monoisotopic (exact) mass is 500 g/mol. The van der Waals surface area contributed by atoms with Crippen molar-refractivity contribution >= 4 is 17.6 Å². The lowest BCUT2D eigenvalue weighted by molar-refractivity contribution is -0.145. The van der Waals surface area contributed by atoms with Crippen LogP contribution in [0.1, 0.15) is 174 Å². The molecule has 0 aliphatic carbocycles. The van der Waals surface area contributed by atoms with Crippen molar-refractivity contribution in [2.24, 2.45) is 5.92 Å². The number of ether oxygens (including phenoxy) is 1. The fraction of sp³-hybridized carbons (Fsp3) is 0.968. The normalized spacial score (nSPS) is 12.2. The van der Waals surface area contributed by atoms with E-state index in [9.17, 15) is 4.79 Å².